The van der Waals surface area contributed by atoms with Crippen molar-refractivity contribution >= 4 is 31.6 Å². The van der Waals surface area contributed by atoms with E-state index in [-0.39, 0.29) is 5.75 Å². The third kappa shape index (κ3) is 3.61. The van der Waals surface area contributed by atoms with Crippen molar-refractivity contribution in [1.29, 1.82) is 0 Å². The molecule has 0 aliphatic heterocycles. The van der Waals surface area contributed by atoms with Gasteiger partial charge in [-0.2, -0.15) is 0 Å². The molecule has 17 heavy (non-hydrogen) atoms. The van der Waals surface area contributed by atoms with E-state index in [9.17, 15) is 8.42 Å². The van der Waals surface area contributed by atoms with E-state index in [4.69, 9.17) is 4.74 Å². The number of hydrogen-bond acceptors (Lipinski definition) is 3. The first-order chi connectivity index (χ1) is 8.00. The number of nitrogens with one attached hydrogen (secondary N) is 1. The number of methoxy groups -OCH3 is 1. The molecule has 1 fully saturated rings. The second-order valence-corrected chi connectivity index (χ2v) is 6.79. The Bertz CT molecular complexity index is 511. The van der Waals surface area contributed by atoms with Gasteiger partial charge in [0.1, 0.15) is 5.75 Å². The normalized spacial score (nSPS) is 15.6. The van der Waals surface area contributed by atoms with Crippen LogP contribution in [0.3, 0.4) is 0 Å². The van der Waals surface area contributed by atoms with E-state index in [2.05, 4.69) is 20.7 Å². The standard InChI is InChI=1S/C11H14BrNO3S/c1-16-9-4-5-10(12)11(6-9)13-17(14,15)7-8-2-3-8/h4-6,8,13H,2-3,7H2,1H3. The van der Waals surface area contributed by atoms with Crippen LogP contribution in [0.5, 0.6) is 5.75 Å². The summed E-state index contributed by atoms with van der Waals surface area (Å²) < 4.78 is 32.0. The van der Waals surface area contributed by atoms with E-state index in [1.54, 1.807) is 25.3 Å². The molecule has 2 rings (SSSR count). The highest BCUT2D eigenvalue weighted by atomic mass is 79.9. The fourth-order valence-corrected chi connectivity index (χ4v) is 3.53. The molecule has 0 spiro atoms. The van der Waals surface area contributed by atoms with Crippen molar-refractivity contribution in [2.24, 2.45) is 5.92 Å². The van der Waals surface area contributed by atoms with Crippen LogP contribution in [0.15, 0.2) is 22.7 Å². The molecular formula is C11H14BrNO3S. The molecule has 0 radical (unpaired) electrons. The number of rotatable bonds is 5. The van der Waals surface area contributed by atoms with Crippen molar-refractivity contribution in [2.45, 2.75) is 12.8 Å². The second kappa shape index (κ2) is 4.86. The van der Waals surface area contributed by atoms with Crippen LogP contribution in [0.25, 0.3) is 0 Å². The van der Waals surface area contributed by atoms with E-state index in [1.165, 1.54) is 0 Å². The molecule has 94 valence electrons. The minimum atomic E-state index is -3.25. The molecule has 6 heteroatoms. The summed E-state index contributed by atoms with van der Waals surface area (Å²) in [6, 6.07) is 5.19. The maximum atomic E-state index is 11.8. The summed E-state index contributed by atoms with van der Waals surface area (Å²) in [7, 11) is -1.71. The zero-order chi connectivity index (χ0) is 12.5. The summed E-state index contributed by atoms with van der Waals surface area (Å²) in [4.78, 5) is 0. The lowest BCUT2D eigenvalue weighted by Gasteiger charge is -2.10. The fourth-order valence-electron chi connectivity index (χ4n) is 1.51. The highest BCUT2D eigenvalue weighted by Crippen LogP contribution is 2.32. The SMILES string of the molecule is COc1ccc(Br)c(NS(=O)(=O)CC2CC2)c1. The third-order valence-corrected chi connectivity index (χ3v) is 4.72. The van der Waals surface area contributed by atoms with Gasteiger partial charge in [0.2, 0.25) is 10.0 Å². The summed E-state index contributed by atoms with van der Waals surface area (Å²) in [6.07, 6.45) is 2.03. The topological polar surface area (TPSA) is 55.4 Å². The summed E-state index contributed by atoms with van der Waals surface area (Å²) in [5, 5.41) is 0. The van der Waals surface area contributed by atoms with Crippen molar-refractivity contribution in [2.75, 3.05) is 17.6 Å². The number of hydrogen-bond donors (Lipinski definition) is 1. The summed E-state index contributed by atoms with van der Waals surface area (Å²) in [5.41, 5.74) is 0.519. The molecule has 1 aromatic carbocycles. The van der Waals surface area contributed by atoms with Gasteiger partial charge in [-0.25, -0.2) is 8.42 Å². The van der Waals surface area contributed by atoms with Gasteiger partial charge in [0.25, 0.3) is 0 Å². The number of sulfonamides is 1. The Morgan fingerprint density at radius 3 is 2.76 bits per heavy atom. The maximum Gasteiger partial charge on any atom is 0.233 e. The van der Waals surface area contributed by atoms with E-state index in [1.807, 2.05) is 0 Å². The monoisotopic (exact) mass is 319 g/mol. The van der Waals surface area contributed by atoms with Crippen LogP contribution in [-0.2, 0) is 10.0 Å². The largest absolute Gasteiger partial charge is 0.497 e. The summed E-state index contributed by atoms with van der Waals surface area (Å²) >= 11 is 3.31. The Labute approximate surface area is 110 Å². The quantitative estimate of drug-likeness (QED) is 0.907. The molecule has 0 saturated heterocycles. The van der Waals surface area contributed by atoms with Gasteiger partial charge in [-0.1, -0.05) is 0 Å². The highest BCUT2D eigenvalue weighted by Gasteiger charge is 2.28. The van der Waals surface area contributed by atoms with Crippen molar-refractivity contribution in [3.05, 3.63) is 22.7 Å². The Morgan fingerprint density at radius 2 is 2.18 bits per heavy atom. The molecule has 0 aromatic heterocycles. The molecule has 1 aromatic rings. The number of benzene rings is 1. The molecule has 0 amide bonds. The minimum absolute atomic E-state index is 0.205. The van der Waals surface area contributed by atoms with Crippen molar-refractivity contribution in [3.8, 4) is 5.75 Å². The van der Waals surface area contributed by atoms with E-state index in [0.717, 1.165) is 12.8 Å². The first-order valence-electron chi connectivity index (χ1n) is 5.34. The number of ether oxygens (including phenoxy) is 1. The van der Waals surface area contributed by atoms with Gasteiger partial charge in [0.15, 0.2) is 0 Å². The Balaban J connectivity index is 2.16. The van der Waals surface area contributed by atoms with Gasteiger partial charge in [-0.05, 0) is 46.8 Å². The van der Waals surface area contributed by atoms with Crippen molar-refractivity contribution < 1.29 is 13.2 Å². The lowest BCUT2D eigenvalue weighted by Crippen LogP contribution is -2.18. The zero-order valence-corrected chi connectivity index (χ0v) is 11.8. The molecule has 1 N–H and O–H groups in total. The fraction of sp³-hybridized carbons (Fsp3) is 0.455. The lowest BCUT2D eigenvalue weighted by atomic mass is 10.3. The van der Waals surface area contributed by atoms with Gasteiger partial charge < -0.3 is 4.74 Å². The smallest absolute Gasteiger partial charge is 0.233 e. The zero-order valence-electron chi connectivity index (χ0n) is 9.44. The Morgan fingerprint density at radius 1 is 1.47 bits per heavy atom. The van der Waals surface area contributed by atoms with Crippen LogP contribution in [0.4, 0.5) is 5.69 Å². The minimum Gasteiger partial charge on any atom is -0.497 e. The molecule has 4 nitrogen and oxygen atoms in total. The lowest BCUT2D eigenvalue weighted by molar-refractivity contribution is 0.415. The Kier molecular flexibility index (Phi) is 3.63. The van der Waals surface area contributed by atoms with E-state index < -0.39 is 10.0 Å². The molecule has 0 heterocycles. The van der Waals surface area contributed by atoms with Gasteiger partial charge in [0, 0.05) is 10.5 Å². The molecule has 1 aliphatic rings. The predicted molar refractivity (Wildman–Crippen MR) is 70.8 cm³/mol. The first kappa shape index (κ1) is 12.7. The Hall–Kier alpha value is -0.750. The van der Waals surface area contributed by atoms with Gasteiger partial charge in [0.05, 0.1) is 18.6 Å². The predicted octanol–water partition coefficient (Wildman–Crippen LogP) is 2.61. The van der Waals surface area contributed by atoms with Gasteiger partial charge in [-0.3, -0.25) is 4.72 Å². The first-order valence-corrected chi connectivity index (χ1v) is 7.79. The highest BCUT2D eigenvalue weighted by molar-refractivity contribution is 9.10. The second-order valence-electron chi connectivity index (χ2n) is 4.17. The average molecular weight is 320 g/mol. The van der Waals surface area contributed by atoms with Crippen molar-refractivity contribution in [3.63, 3.8) is 0 Å². The van der Waals surface area contributed by atoms with Crippen LogP contribution in [0, 0.1) is 5.92 Å². The van der Waals surface area contributed by atoms with Gasteiger partial charge in [-0.15, -0.1) is 0 Å². The average Bonchev–Trinajstić information content (AvgIpc) is 3.04. The van der Waals surface area contributed by atoms with E-state index >= 15 is 0 Å². The molecule has 0 unspecified atom stereocenters. The van der Waals surface area contributed by atoms with Crippen LogP contribution in [0.1, 0.15) is 12.8 Å². The molecule has 1 aliphatic carbocycles. The molecule has 1 saturated carbocycles. The number of anilines is 1. The molecule has 0 atom stereocenters. The summed E-state index contributed by atoms with van der Waals surface area (Å²) in [5.74, 6) is 1.16. The number of halogens is 1. The maximum absolute atomic E-state index is 11.8. The van der Waals surface area contributed by atoms with E-state index in [0.29, 0.717) is 21.8 Å². The van der Waals surface area contributed by atoms with Gasteiger partial charge >= 0.3 is 0 Å². The van der Waals surface area contributed by atoms with Crippen LogP contribution >= 0.6 is 15.9 Å². The van der Waals surface area contributed by atoms with Crippen LogP contribution < -0.4 is 9.46 Å². The third-order valence-electron chi connectivity index (χ3n) is 2.59. The molecule has 0 bridgehead atoms. The van der Waals surface area contributed by atoms with Crippen molar-refractivity contribution in [1.82, 2.24) is 0 Å². The van der Waals surface area contributed by atoms with Crippen LogP contribution in [0.2, 0.25) is 0 Å². The molecular weight excluding hydrogens is 306 g/mol. The van der Waals surface area contributed by atoms with Crippen LogP contribution in [-0.4, -0.2) is 21.3 Å². The summed E-state index contributed by atoms with van der Waals surface area (Å²) in [6.45, 7) is 0.